The second kappa shape index (κ2) is 4.26. The topological polar surface area (TPSA) is 0 Å². The van der Waals surface area contributed by atoms with Crippen LogP contribution in [0.15, 0.2) is 22.7 Å². The van der Waals surface area contributed by atoms with Crippen LogP contribution in [-0.2, 0) is 0 Å². The normalized spacial score (nSPS) is 10.6. The Labute approximate surface area is 95.7 Å². The van der Waals surface area contributed by atoms with Gasteiger partial charge in [0.2, 0.25) is 0 Å². The predicted molar refractivity (Wildman–Crippen MR) is 59.7 cm³/mol. The molecule has 11 heavy (non-hydrogen) atoms. The number of hydrogen-bond donors (Lipinski definition) is 0. The van der Waals surface area contributed by atoms with Crippen LogP contribution in [0.2, 0.25) is 5.02 Å². The van der Waals surface area contributed by atoms with Gasteiger partial charge in [0.1, 0.15) is 0 Å². The van der Waals surface area contributed by atoms with Gasteiger partial charge in [0.05, 0.1) is 8.76 Å². The Hall–Kier alpha value is 0.950. The summed E-state index contributed by atoms with van der Waals surface area (Å²) in [6, 6.07) is 5.79. The highest BCUT2D eigenvalue weighted by Gasteiger charge is 2.04. The number of alkyl halides is 2. The monoisotopic (exact) mass is 360 g/mol. The van der Waals surface area contributed by atoms with Crippen molar-refractivity contribution in [3.63, 3.8) is 0 Å². The maximum absolute atomic E-state index is 5.81. The van der Waals surface area contributed by atoms with Crippen molar-refractivity contribution in [3.05, 3.63) is 33.3 Å². The molecule has 1 rings (SSSR count). The quantitative estimate of drug-likeness (QED) is 0.623. The molecule has 0 aliphatic carbocycles. The van der Waals surface area contributed by atoms with Gasteiger partial charge < -0.3 is 0 Å². The van der Waals surface area contributed by atoms with Crippen LogP contribution in [0.25, 0.3) is 0 Å². The number of hydrogen-bond acceptors (Lipinski definition) is 0. The third kappa shape index (κ3) is 2.72. The summed E-state index contributed by atoms with van der Waals surface area (Å²) in [5.74, 6) is 0. The summed E-state index contributed by atoms with van der Waals surface area (Å²) in [5, 5.41) is 0.731. The lowest BCUT2D eigenvalue weighted by molar-refractivity contribution is 1.41. The zero-order valence-electron chi connectivity index (χ0n) is 5.32. The van der Waals surface area contributed by atoms with Crippen LogP contribution in [0, 0.1) is 0 Å². The number of benzene rings is 1. The molecule has 0 radical (unpaired) electrons. The van der Waals surface area contributed by atoms with Crippen LogP contribution < -0.4 is 0 Å². The van der Waals surface area contributed by atoms with Crippen molar-refractivity contribution in [2.45, 2.75) is 3.74 Å². The molecule has 0 amide bonds. The van der Waals surface area contributed by atoms with Crippen LogP contribution in [0.5, 0.6) is 0 Å². The molecular weight excluding hydrogens is 359 g/mol. The first-order valence-electron chi connectivity index (χ1n) is 2.84. The maximum atomic E-state index is 5.81. The van der Waals surface area contributed by atoms with Gasteiger partial charge in [-0.25, -0.2) is 0 Å². The number of halogens is 4. The second-order valence-corrected chi connectivity index (χ2v) is 6.30. The molecule has 0 nitrogen and oxygen atoms in total. The van der Waals surface area contributed by atoms with Gasteiger partial charge in [-0.3, -0.25) is 0 Å². The Kier molecular flexibility index (Phi) is 3.89. The zero-order valence-corrected chi connectivity index (χ0v) is 10.8. The fraction of sp³-hybridized carbons (Fsp3) is 0.143. The summed E-state index contributed by atoms with van der Waals surface area (Å²) in [6.45, 7) is 0. The van der Waals surface area contributed by atoms with Gasteiger partial charge in [0.15, 0.2) is 0 Å². The minimum atomic E-state index is 0.184. The first kappa shape index (κ1) is 10.0. The first-order chi connectivity index (χ1) is 5.11. The largest absolute Gasteiger partial charge is 0.0946 e. The lowest BCUT2D eigenvalue weighted by Crippen LogP contribution is -1.79. The summed E-state index contributed by atoms with van der Waals surface area (Å²) in [6.07, 6.45) is 0. The van der Waals surface area contributed by atoms with E-state index in [0.717, 1.165) is 15.1 Å². The molecule has 60 valence electrons. The summed E-state index contributed by atoms with van der Waals surface area (Å²) in [7, 11) is 0. The van der Waals surface area contributed by atoms with Crippen molar-refractivity contribution < 1.29 is 0 Å². The Balaban J connectivity index is 3.05. The molecule has 1 aromatic carbocycles. The highest BCUT2D eigenvalue weighted by Crippen LogP contribution is 2.33. The highest BCUT2D eigenvalue weighted by molar-refractivity contribution is 9.24. The summed E-state index contributed by atoms with van der Waals surface area (Å²) in [4.78, 5) is 0. The smallest absolute Gasteiger partial charge is 0.0831 e. The average Bonchev–Trinajstić information content (AvgIpc) is 1.94. The van der Waals surface area contributed by atoms with Gasteiger partial charge >= 0.3 is 0 Å². The standard InChI is InChI=1S/C7H4Br3Cl/c8-5-3-4(7(9)10)1-2-6(5)11/h1-3,7H. The average molecular weight is 363 g/mol. The third-order valence-corrected chi connectivity index (χ3v) is 3.47. The van der Waals surface area contributed by atoms with E-state index in [4.69, 9.17) is 11.6 Å². The molecule has 0 saturated heterocycles. The summed E-state index contributed by atoms with van der Waals surface area (Å²) < 4.78 is 1.10. The molecule has 0 atom stereocenters. The van der Waals surface area contributed by atoms with Gasteiger partial charge in [-0.05, 0) is 33.6 Å². The molecule has 0 heterocycles. The minimum absolute atomic E-state index is 0.184. The molecule has 0 aromatic heterocycles. The van der Waals surface area contributed by atoms with Crippen LogP contribution in [-0.4, -0.2) is 0 Å². The van der Waals surface area contributed by atoms with E-state index in [1.54, 1.807) is 0 Å². The van der Waals surface area contributed by atoms with Crippen molar-refractivity contribution >= 4 is 59.4 Å². The summed E-state index contributed by atoms with van der Waals surface area (Å²) in [5.41, 5.74) is 1.14. The molecule has 0 aliphatic heterocycles. The van der Waals surface area contributed by atoms with Crippen molar-refractivity contribution in [1.82, 2.24) is 0 Å². The molecule has 0 spiro atoms. The van der Waals surface area contributed by atoms with E-state index in [9.17, 15) is 0 Å². The molecule has 0 unspecified atom stereocenters. The molecule has 0 aliphatic rings. The molecule has 1 aromatic rings. The van der Waals surface area contributed by atoms with Crippen LogP contribution in [0.1, 0.15) is 9.30 Å². The number of rotatable bonds is 1. The Morgan fingerprint density at radius 3 is 2.36 bits per heavy atom. The Morgan fingerprint density at radius 1 is 1.27 bits per heavy atom. The molecule has 0 bridgehead atoms. The zero-order chi connectivity index (χ0) is 8.43. The first-order valence-corrected chi connectivity index (χ1v) is 5.84. The molecule has 4 heteroatoms. The van der Waals surface area contributed by atoms with Crippen LogP contribution in [0.3, 0.4) is 0 Å². The molecule has 0 N–H and O–H groups in total. The van der Waals surface area contributed by atoms with Crippen LogP contribution >= 0.6 is 59.4 Å². The van der Waals surface area contributed by atoms with Gasteiger partial charge in [-0.15, -0.1) is 0 Å². The highest BCUT2D eigenvalue weighted by atomic mass is 79.9. The minimum Gasteiger partial charge on any atom is -0.0831 e. The molecule has 0 saturated carbocycles. The van der Waals surface area contributed by atoms with Gasteiger partial charge in [-0.2, -0.15) is 0 Å². The van der Waals surface area contributed by atoms with E-state index >= 15 is 0 Å². The van der Waals surface area contributed by atoms with E-state index in [2.05, 4.69) is 47.8 Å². The lowest BCUT2D eigenvalue weighted by Gasteiger charge is -2.02. The maximum Gasteiger partial charge on any atom is 0.0946 e. The Morgan fingerprint density at radius 2 is 1.91 bits per heavy atom. The lowest BCUT2D eigenvalue weighted by atomic mass is 10.2. The summed E-state index contributed by atoms with van der Waals surface area (Å²) >= 11 is 15.9. The SMILES string of the molecule is Clc1ccc(C(Br)Br)cc1Br. The van der Waals surface area contributed by atoms with E-state index in [-0.39, 0.29) is 3.74 Å². The van der Waals surface area contributed by atoms with Crippen molar-refractivity contribution in [1.29, 1.82) is 0 Å². The van der Waals surface area contributed by atoms with Crippen molar-refractivity contribution in [2.24, 2.45) is 0 Å². The van der Waals surface area contributed by atoms with Gasteiger partial charge in [0, 0.05) is 4.47 Å². The van der Waals surface area contributed by atoms with Crippen LogP contribution in [0.4, 0.5) is 0 Å². The molecule has 0 fully saturated rings. The molecular formula is C7H4Br3Cl. The Bertz CT molecular complexity index is 260. The third-order valence-electron chi connectivity index (χ3n) is 1.20. The predicted octanol–water partition coefficient (Wildman–Crippen LogP) is 4.89. The van der Waals surface area contributed by atoms with E-state index in [1.165, 1.54) is 0 Å². The fourth-order valence-corrected chi connectivity index (χ4v) is 1.73. The van der Waals surface area contributed by atoms with E-state index in [1.807, 2.05) is 18.2 Å². The second-order valence-electron chi connectivity index (χ2n) is 1.97. The van der Waals surface area contributed by atoms with Gasteiger partial charge in [-0.1, -0.05) is 49.5 Å². The van der Waals surface area contributed by atoms with Gasteiger partial charge in [0.25, 0.3) is 0 Å². The van der Waals surface area contributed by atoms with Crippen molar-refractivity contribution in [2.75, 3.05) is 0 Å². The van der Waals surface area contributed by atoms with E-state index < -0.39 is 0 Å². The van der Waals surface area contributed by atoms with Crippen molar-refractivity contribution in [3.8, 4) is 0 Å². The van der Waals surface area contributed by atoms with E-state index in [0.29, 0.717) is 0 Å². The fourth-order valence-electron chi connectivity index (χ4n) is 0.648.